The van der Waals surface area contributed by atoms with Crippen LogP contribution in [0.1, 0.15) is 5.56 Å². The number of halogens is 2. The maximum atomic E-state index is 13.2. The highest BCUT2D eigenvalue weighted by Crippen LogP contribution is 2.37. The SMILES string of the molecule is Fc1ccc(CSc2ncnc3c2c(-c2ccccc2)cn3-c2ccc(Cl)cc2)cc1. The van der Waals surface area contributed by atoms with Crippen LogP contribution in [0.25, 0.3) is 27.8 Å². The van der Waals surface area contributed by atoms with Crippen molar-refractivity contribution in [1.82, 2.24) is 14.5 Å². The average Bonchev–Trinajstić information content (AvgIpc) is 3.20. The molecule has 0 amide bonds. The van der Waals surface area contributed by atoms with Crippen LogP contribution >= 0.6 is 23.4 Å². The van der Waals surface area contributed by atoms with E-state index < -0.39 is 0 Å². The van der Waals surface area contributed by atoms with Gasteiger partial charge in [-0.05, 0) is 47.5 Å². The van der Waals surface area contributed by atoms with Gasteiger partial charge in [0, 0.05) is 28.2 Å². The maximum absolute atomic E-state index is 13.2. The van der Waals surface area contributed by atoms with Crippen LogP contribution in [-0.2, 0) is 5.75 Å². The van der Waals surface area contributed by atoms with Gasteiger partial charge in [0.1, 0.15) is 22.8 Å². The number of aromatic nitrogens is 3. The van der Waals surface area contributed by atoms with E-state index in [-0.39, 0.29) is 5.82 Å². The van der Waals surface area contributed by atoms with Gasteiger partial charge in [0.15, 0.2) is 0 Å². The van der Waals surface area contributed by atoms with Crippen molar-refractivity contribution in [3.8, 4) is 16.8 Å². The van der Waals surface area contributed by atoms with E-state index in [2.05, 4.69) is 32.9 Å². The Bertz CT molecular complexity index is 1330. The van der Waals surface area contributed by atoms with Crippen LogP contribution in [0.2, 0.25) is 5.02 Å². The monoisotopic (exact) mass is 445 g/mol. The van der Waals surface area contributed by atoms with Crippen molar-refractivity contribution in [3.05, 3.63) is 108 Å². The van der Waals surface area contributed by atoms with Gasteiger partial charge < -0.3 is 4.57 Å². The topological polar surface area (TPSA) is 30.7 Å². The molecule has 0 saturated heterocycles. The van der Waals surface area contributed by atoms with Crippen LogP contribution in [0.5, 0.6) is 0 Å². The summed E-state index contributed by atoms with van der Waals surface area (Å²) in [4.78, 5) is 9.20. The lowest BCUT2D eigenvalue weighted by molar-refractivity contribution is 0.627. The Morgan fingerprint density at radius 1 is 0.871 bits per heavy atom. The van der Waals surface area contributed by atoms with Gasteiger partial charge in [-0.2, -0.15) is 0 Å². The summed E-state index contributed by atoms with van der Waals surface area (Å²) in [5.74, 6) is 0.455. The van der Waals surface area contributed by atoms with E-state index in [9.17, 15) is 4.39 Å². The van der Waals surface area contributed by atoms with E-state index >= 15 is 0 Å². The molecule has 5 rings (SSSR count). The quantitative estimate of drug-likeness (QED) is 0.212. The van der Waals surface area contributed by atoms with Crippen LogP contribution in [0.15, 0.2) is 96.4 Å². The summed E-state index contributed by atoms with van der Waals surface area (Å²) in [7, 11) is 0. The molecule has 3 aromatic carbocycles. The third-order valence-corrected chi connectivity index (χ3v) is 6.34. The fourth-order valence-electron chi connectivity index (χ4n) is 3.51. The largest absolute Gasteiger partial charge is 0.301 e. The molecule has 0 spiro atoms. The third-order valence-electron chi connectivity index (χ3n) is 5.03. The van der Waals surface area contributed by atoms with Crippen LogP contribution in [0.3, 0.4) is 0 Å². The summed E-state index contributed by atoms with van der Waals surface area (Å²) < 4.78 is 15.3. The minimum absolute atomic E-state index is 0.232. The number of hydrogen-bond donors (Lipinski definition) is 0. The zero-order valence-electron chi connectivity index (χ0n) is 16.4. The first-order valence-electron chi connectivity index (χ1n) is 9.74. The smallest absolute Gasteiger partial charge is 0.149 e. The summed E-state index contributed by atoms with van der Waals surface area (Å²) in [5, 5.41) is 2.57. The van der Waals surface area contributed by atoms with Crippen molar-refractivity contribution >= 4 is 34.4 Å². The summed E-state index contributed by atoms with van der Waals surface area (Å²) in [6.07, 6.45) is 3.69. The Morgan fingerprint density at radius 3 is 2.35 bits per heavy atom. The number of nitrogens with zero attached hydrogens (tertiary/aromatic N) is 3. The van der Waals surface area contributed by atoms with E-state index in [0.717, 1.165) is 38.4 Å². The second-order valence-electron chi connectivity index (χ2n) is 7.05. The molecular weight excluding hydrogens is 429 g/mol. The highest BCUT2D eigenvalue weighted by Gasteiger charge is 2.17. The molecule has 0 aliphatic rings. The van der Waals surface area contributed by atoms with Crippen molar-refractivity contribution in [2.75, 3.05) is 0 Å². The van der Waals surface area contributed by atoms with Crippen molar-refractivity contribution in [3.63, 3.8) is 0 Å². The molecule has 2 heterocycles. The van der Waals surface area contributed by atoms with E-state index in [1.165, 1.54) is 12.1 Å². The molecule has 2 aromatic heterocycles. The highest BCUT2D eigenvalue weighted by atomic mass is 35.5. The minimum Gasteiger partial charge on any atom is -0.301 e. The molecule has 0 fully saturated rings. The van der Waals surface area contributed by atoms with Crippen molar-refractivity contribution in [1.29, 1.82) is 0 Å². The van der Waals surface area contributed by atoms with E-state index in [1.807, 2.05) is 42.5 Å². The van der Waals surface area contributed by atoms with Crippen LogP contribution in [0, 0.1) is 5.82 Å². The molecule has 0 unspecified atom stereocenters. The lowest BCUT2D eigenvalue weighted by Gasteiger charge is -2.07. The van der Waals surface area contributed by atoms with Gasteiger partial charge in [0.05, 0.1) is 5.39 Å². The Labute approximate surface area is 188 Å². The number of benzene rings is 3. The first-order chi connectivity index (χ1) is 15.2. The van der Waals surface area contributed by atoms with E-state index in [4.69, 9.17) is 11.6 Å². The third kappa shape index (κ3) is 4.07. The summed E-state index contributed by atoms with van der Waals surface area (Å²) in [6, 6.07) is 24.5. The molecule has 0 N–H and O–H groups in total. The minimum atomic E-state index is -0.232. The number of rotatable bonds is 5. The van der Waals surface area contributed by atoms with Crippen LogP contribution in [0.4, 0.5) is 4.39 Å². The van der Waals surface area contributed by atoms with Gasteiger partial charge in [0.2, 0.25) is 0 Å². The Balaban J connectivity index is 1.64. The number of thioether (sulfide) groups is 1. The highest BCUT2D eigenvalue weighted by molar-refractivity contribution is 7.98. The second kappa shape index (κ2) is 8.53. The molecule has 0 bridgehead atoms. The van der Waals surface area contributed by atoms with Crippen molar-refractivity contribution in [2.24, 2.45) is 0 Å². The molecule has 0 aliphatic carbocycles. The van der Waals surface area contributed by atoms with Crippen LogP contribution < -0.4 is 0 Å². The van der Waals surface area contributed by atoms with E-state index in [0.29, 0.717) is 10.8 Å². The van der Waals surface area contributed by atoms with Gasteiger partial charge in [-0.15, -0.1) is 11.8 Å². The molecule has 152 valence electrons. The molecule has 0 radical (unpaired) electrons. The van der Waals surface area contributed by atoms with Gasteiger partial charge >= 0.3 is 0 Å². The van der Waals surface area contributed by atoms with Crippen molar-refractivity contribution < 1.29 is 4.39 Å². The Hall–Kier alpha value is -3.15. The number of hydrogen-bond acceptors (Lipinski definition) is 3. The first kappa shape index (κ1) is 19.8. The maximum Gasteiger partial charge on any atom is 0.149 e. The fourth-order valence-corrected chi connectivity index (χ4v) is 4.60. The molecule has 31 heavy (non-hydrogen) atoms. The van der Waals surface area contributed by atoms with E-state index in [1.54, 1.807) is 30.2 Å². The summed E-state index contributed by atoms with van der Waals surface area (Å²) >= 11 is 7.71. The van der Waals surface area contributed by atoms with Crippen LogP contribution in [-0.4, -0.2) is 14.5 Å². The zero-order valence-corrected chi connectivity index (χ0v) is 17.9. The fraction of sp³-hybridized carbons (Fsp3) is 0.0400. The van der Waals surface area contributed by atoms with Crippen molar-refractivity contribution in [2.45, 2.75) is 10.8 Å². The second-order valence-corrected chi connectivity index (χ2v) is 8.45. The summed E-state index contributed by atoms with van der Waals surface area (Å²) in [5.41, 5.74) is 5.01. The Kier molecular flexibility index (Phi) is 5.45. The normalized spacial score (nSPS) is 11.2. The molecule has 5 aromatic rings. The molecule has 0 atom stereocenters. The molecule has 0 saturated carbocycles. The average molecular weight is 446 g/mol. The first-order valence-corrected chi connectivity index (χ1v) is 11.1. The predicted molar refractivity (Wildman–Crippen MR) is 125 cm³/mol. The lowest BCUT2D eigenvalue weighted by atomic mass is 10.1. The lowest BCUT2D eigenvalue weighted by Crippen LogP contribution is -1.94. The Morgan fingerprint density at radius 2 is 1.61 bits per heavy atom. The van der Waals surface area contributed by atoms with Gasteiger partial charge in [-0.1, -0.05) is 54.1 Å². The molecule has 0 aliphatic heterocycles. The summed E-state index contributed by atoms with van der Waals surface area (Å²) in [6.45, 7) is 0. The van der Waals surface area contributed by atoms with Gasteiger partial charge in [-0.3, -0.25) is 0 Å². The zero-order chi connectivity index (χ0) is 21.2. The van der Waals surface area contributed by atoms with Gasteiger partial charge in [0.25, 0.3) is 0 Å². The number of fused-ring (bicyclic) bond motifs is 1. The van der Waals surface area contributed by atoms with Gasteiger partial charge in [-0.25, -0.2) is 14.4 Å². The molecule has 3 nitrogen and oxygen atoms in total. The molecule has 6 heteroatoms. The predicted octanol–water partition coefficient (Wildman–Crippen LogP) is 7.17. The standard InChI is InChI=1S/C25H17ClFN3S/c26-19-8-12-21(13-9-19)30-14-22(18-4-2-1-3-5-18)23-24(30)28-16-29-25(23)31-15-17-6-10-20(27)11-7-17/h1-14,16H,15H2. The molecular formula is C25H17ClFN3S.